The average molecular weight is 382 g/mol. The standard InChI is InChI=1S/C20H12F2N2O2S/c21-19-9-14(11-23)1-3-16(19)5-6-18(25)13-27(26)8-7-17-4-2-15(12-24)10-20(17)22/h1-10H,13H2/b6-5+,8-7-. The molecule has 0 radical (unpaired) electrons. The zero-order chi connectivity index (χ0) is 19.8. The second kappa shape index (κ2) is 9.33. The number of halogens is 2. The van der Waals surface area contributed by atoms with Gasteiger partial charge in [0.1, 0.15) is 11.6 Å². The second-order valence-corrected chi connectivity index (χ2v) is 6.65. The van der Waals surface area contributed by atoms with Crippen LogP contribution in [-0.4, -0.2) is 15.7 Å². The van der Waals surface area contributed by atoms with E-state index in [4.69, 9.17) is 10.5 Å². The van der Waals surface area contributed by atoms with Gasteiger partial charge in [-0.05, 0) is 42.5 Å². The van der Waals surface area contributed by atoms with Gasteiger partial charge in [0.05, 0.1) is 39.8 Å². The lowest BCUT2D eigenvalue weighted by atomic mass is 10.1. The van der Waals surface area contributed by atoms with Crippen molar-refractivity contribution in [2.24, 2.45) is 0 Å². The summed E-state index contributed by atoms with van der Waals surface area (Å²) in [5.41, 5.74) is 0.603. The summed E-state index contributed by atoms with van der Waals surface area (Å²) in [6.07, 6.45) is 3.60. The molecule has 2 aromatic carbocycles. The molecule has 1 atom stereocenters. The molecule has 7 heteroatoms. The van der Waals surface area contributed by atoms with Crippen LogP contribution in [0.5, 0.6) is 0 Å². The van der Waals surface area contributed by atoms with Gasteiger partial charge >= 0.3 is 0 Å². The number of ketones is 1. The van der Waals surface area contributed by atoms with Gasteiger partial charge in [0.15, 0.2) is 5.78 Å². The van der Waals surface area contributed by atoms with E-state index >= 15 is 0 Å². The molecule has 0 spiro atoms. The maximum atomic E-state index is 13.7. The van der Waals surface area contributed by atoms with E-state index in [-0.39, 0.29) is 28.0 Å². The van der Waals surface area contributed by atoms with Crippen molar-refractivity contribution >= 4 is 28.7 Å². The second-order valence-electron chi connectivity index (χ2n) is 5.32. The summed E-state index contributed by atoms with van der Waals surface area (Å²) in [5, 5.41) is 18.5. The first kappa shape index (κ1) is 19.9. The van der Waals surface area contributed by atoms with Crippen LogP contribution in [0.4, 0.5) is 8.78 Å². The molecule has 134 valence electrons. The van der Waals surface area contributed by atoms with E-state index in [9.17, 15) is 17.8 Å². The molecule has 0 heterocycles. The Hall–Kier alpha value is -3.42. The first-order valence-corrected chi connectivity index (χ1v) is 8.96. The molecule has 2 rings (SSSR count). The highest BCUT2D eigenvalue weighted by Crippen LogP contribution is 2.13. The van der Waals surface area contributed by atoms with Gasteiger partial charge in [0, 0.05) is 16.5 Å². The molecule has 0 aliphatic rings. The molecule has 0 bridgehead atoms. The largest absolute Gasteiger partial charge is 0.294 e. The third-order valence-electron chi connectivity index (χ3n) is 3.39. The van der Waals surface area contributed by atoms with Crippen LogP contribution in [0.25, 0.3) is 12.2 Å². The summed E-state index contributed by atoms with van der Waals surface area (Å²) in [6.45, 7) is 0. The Morgan fingerprint density at radius 2 is 1.48 bits per heavy atom. The number of nitrogens with zero attached hydrogens (tertiary/aromatic N) is 2. The molecule has 0 aromatic heterocycles. The highest BCUT2D eigenvalue weighted by Gasteiger charge is 2.05. The van der Waals surface area contributed by atoms with Crippen LogP contribution in [0.15, 0.2) is 47.9 Å². The van der Waals surface area contributed by atoms with Crippen LogP contribution in [-0.2, 0) is 15.6 Å². The molecule has 1 unspecified atom stereocenters. The zero-order valence-corrected chi connectivity index (χ0v) is 14.7. The Kier molecular flexibility index (Phi) is 6.87. The van der Waals surface area contributed by atoms with Gasteiger partial charge in [-0.2, -0.15) is 10.5 Å². The van der Waals surface area contributed by atoms with Crippen LogP contribution < -0.4 is 0 Å². The van der Waals surface area contributed by atoms with Crippen LogP contribution in [0.1, 0.15) is 22.3 Å². The average Bonchev–Trinajstić information content (AvgIpc) is 2.65. The molecule has 0 aliphatic heterocycles. The van der Waals surface area contributed by atoms with E-state index in [2.05, 4.69) is 0 Å². The number of nitriles is 2. The van der Waals surface area contributed by atoms with Crippen LogP contribution >= 0.6 is 0 Å². The van der Waals surface area contributed by atoms with Crippen LogP contribution in [0, 0.1) is 34.3 Å². The topological polar surface area (TPSA) is 81.7 Å². The third-order valence-corrected chi connectivity index (χ3v) is 4.40. The predicted octanol–water partition coefficient (Wildman–Crippen LogP) is 3.71. The molecule has 0 saturated carbocycles. The first-order valence-electron chi connectivity index (χ1n) is 7.58. The SMILES string of the molecule is N#Cc1ccc(/C=C\S(=O)CC(=O)/C=C/c2ccc(C#N)cc2F)c(F)c1. The number of carbonyl (C=O) groups excluding carboxylic acids is 1. The van der Waals surface area contributed by atoms with Crippen LogP contribution in [0.3, 0.4) is 0 Å². The molecular formula is C20H12F2N2O2S. The molecular weight excluding hydrogens is 370 g/mol. The summed E-state index contributed by atoms with van der Waals surface area (Å²) < 4.78 is 39.3. The van der Waals surface area contributed by atoms with E-state index < -0.39 is 28.2 Å². The maximum Gasteiger partial charge on any atom is 0.168 e. The van der Waals surface area contributed by atoms with Gasteiger partial charge in [0.25, 0.3) is 0 Å². The monoisotopic (exact) mass is 382 g/mol. The summed E-state index contributed by atoms with van der Waals surface area (Å²) >= 11 is 0. The van der Waals surface area contributed by atoms with Crippen LogP contribution in [0.2, 0.25) is 0 Å². The molecule has 0 fully saturated rings. The summed E-state index contributed by atoms with van der Waals surface area (Å²) in [7, 11) is -1.68. The predicted molar refractivity (Wildman–Crippen MR) is 98.3 cm³/mol. The Morgan fingerprint density at radius 1 is 0.963 bits per heavy atom. The number of rotatable bonds is 6. The number of benzene rings is 2. The van der Waals surface area contributed by atoms with E-state index in [0.717, 1.165) is 18.2 Å². The number of carbonyl (C=O) groups is 1. The van der Waals surface area contributed by atoms with Gasteiger partial charge in [0.2, 0.25) is 0 Å². The minimum absolute atomic E-state index is 0.128. The smallest absolute Gasteiger partial charge is 0.168 e. The van der Waals surface area contributed by atoms with Crippen molar-refractivity contribution in [1.82, 2.24) is 0 Å². The third kappa shape index (κ3) is 5.81. The fourth-order valence-electron chi connectivity index (χ4n) is 2.03. The fraction of sp³-hybridized carbons (Fsp3) is 0.0500. The Balaban J connectivity index is 1.98. The minimum atomic E-state index is -1.68. The van der Waals surface area contributed by atoms with E-state index in [1.807, 2.05) is 0 Å². The van der Waals surface area contributed by atoms with E-state index in [1.54, 1.807) is 12.1 Å². The van der Waals surface area contributed by atoms with Crippen molar-refractivity contribution in [2.75, 3.05) is 5.75 Å². The van der Waals surface area contributed by atoms with Gasteiger partial charge in [-0.1, -0.05) is 12.1 Å². The quantitative estimate of drug-likeness (QED) is 0.713. The first-order chi connectivity index (χ1) is 12.9. The lowest BCUT2D eigenvalue weighted by molar-refractivity contribution is -0.112. The maximum absolute atomic E-state index is 13.7. The van der Waals surface area contributed by atoms with Gasteiger partial charge in [-0.3, -0.25) is 9.00 Å². The normalized spacial score (nSPS) is 12.0. The fourth-order valence-corrected chi connectivity index (χ4v) is 2.80. The summed E-state index contributed by atoms with van der Waals surface area (Å²) in [4.78, 5) is 11.8. The highest BCUT2D eigenvalue weighted by molar-refractivity contribution is 7.88. The molecule has 0 N–H and O–H groups in total. The Morgan fingerprint density at radius 3 is 1.96 bits per heavy atom. The van der Waals surface area contributed by atoms with Crippen molar-refractivity contribution in [3.05, 3.63) is 81.8 Å². The number of allylic oxidation sites excluding steroid dienone is 1. The van der Waals surface area contributed by atoms with Crippen molar-refractivity contribution in [2.45, 2.75) is 0 Å². The Labute approximate surface area is 157 Å². The van der Waals surface area contributed by atoms with E-state index in [1.165, 1.54) is 41.8 Å². The minimum Gasteiger partial charge on any atom is -0.294 e. The molecule has 0 saturated heterocycles. The number of hydrogen-bond donors (Lipinski definition) is 0. The van der Waals surface area contributed by atoms with Gasteiger partial charge in [-0.15, -0.1) is 0 Å². The molecule has 27 heavy (non-hydrogen) atoms. The van der Waals surface area contributed by atoms with Crippen molar-refractivity contribution in [3.8, 4) is 12.1 Å². The van der Waals surface area contributed by atoms with E-state index in [0.29, 0.717) is 0 Å². The van der Waals surface area contributed by atoms with Gasteiger partial charge in [-0.25, -0.2) is 8.78 Å². The number of hydrogen-bond acceptors (Lipinski definition) is 4. The molecule has 0 amide bonds. The summed E-state index contributed by atoms with van der Waals surface area (Å²) in [6, 6.07) is 11.3. The summed E-state index contributed by atoms with van der Waals surface area (Å²) in [5.74, 6) is -2.12. The zero-order valence-electron chi connectivity index (χ0n) is 13.9. The molecule has 4 nitrogen and oxygen atoms in total. The van der Waals surface area contributed by atoms with Crippen molar-refractivity contribution < 1.29 is 17.8 Å². The molecule has 2 aromatic rings. The molecule has 0 aliphatic carbocycles. The lowest BCUT2D eigenvalue weighted by Crippen LogP contribution is -2.05. The lowest BCUT2D eigenvalue weighted by Gasteiger charge is -1.98. The Bertz CT molecular complexity index is 963. The van der Waals surface area contributed by atoms with Crippen molar-refractivity contribution in [3.63, 3.8) is 0 Å². The van der Waals surface area contributed by atoms with Gasteiger partial charge < -0.3 is 0 Å². The highest BCUT2D eigenvalue weighted by atomic mass is 32.2. The van der Waals surface area contributed by atoms with Crippen molar-refractivity contribution in [1.29, 1.82) is 10.5 Å².